The van der Waals surface area contributed by atoms with E-state index in [1.54, 1.807) is 6.07 Å². The maximum absolute atomic E-state index is 16.9. The lowest BCUT2D eigenvalue weighted by molar-refractivity contribution is 0.0512. The first-order valence-electron chi connectivity index (χ1n) is 16.9. The molecular weight excluding hydrogens is 676 g/mol. The third-order valence-corrected chi connectivity index (χ3v) is 16.3. The molecule has 0 radical (unpaired) electrons. The number of ether oxygens (including phenoxy) is 2. The minimum atomic E-state index is -2.20. The number of carbonyl (C=O) groups is 1. The smallest absolute Gasteiger partial charge is 0.407 e. The lowest BCUT2D eigenvalue weighted by Crippen LogP contribution is -2.55. The van der Waals surface area contributed by atoms with E-state index in [4.69, 9.17) is 9.47 Å². The van der Waals surface area contributed by atoms with E-state index < -0.39 is 49.0 Å². The van der Waals surface area contributed by atoms with Crippen LogP contribution in [0.4, 0.5) is 23.8 Å². The minimum Gasteiger partial charge on any atom is -0.468 e. The summed E-state index contributed by atoms with van der Waals surface area (Å²) in [5, 5.41) is 20.0. The molecule has 0 bridgehead atoms. The highest BCUT2D eigenvalue weighted by molar-refractivity contribution is 6.90. The summed E-state index contributed by atoms with van der Waals surface area (Å²) >= 11 is 0. The Labute approximate surface area is 297 Å². The molecule has 0 aliphatic carbocycles. The number of hydrogen-bond acceptors (Lipinski definition) is 7. The average Bonchev–Trinajstić information content (AvgIpc) is 3.07. The number of anilines is 1. The van der Waals surface area contributed by atoms with Crippen molar-refractivity contribution in [2.24, 2.45) is 0 Å². The number of hydrogen-bond donors (Lipinski definition) is 1. The fourth-order valence-electron chi connectivity index (χ4n) is 7.74. The Kier molecular flexibility index (Phi) is 11.1. The van der Waals surface area contributed by atoms with Crippen molar-refractivity contribution in [3.63, 3.8) is 0 Å². The number of methoxy groups -OCH3 is 1. The predicted molar refractivity (Wildman–Crippen MR) is 194 cm³/mol. The van der Waals surface area contributed by atoms with Crippen LogP contribution in [0.1, 0.15) is 53.5 Å². The molecule has 1 atom stereocenters. The molecular formula is C38H42F3N5O4Si. The van der Waals surface area contributed by atoms with Gasteiger partial charge >= 0.3 is 12.2 Å². The number of benzene rings is 3. The molecule has 13 heteroatoms. The van der Waals surface area contributed by atoms with Gasteiger partial charge in [0, 0.05) is 48.6 Å². The lowest BCUT2D eigenvalue weighted by atomic mass is 9.93. The van der Waals surface area contributed by atoms with E-state index in [0.29, 0.717) is 38.7 Å². The number of fused-ring (bicyclic) bond motifs is 2. The highest BCUT2D eigenvalue weighted by Crippen LogP contribution is 2.43. The van der Waals surface area contributed by atoms with Gasteiger partial charge in [0.15, 0.2) is 12.6 Å². The van der Waals surface area contributed by atoms with Crippen molar-refractivity contribution < 1.29 is 32.5 Å². The molecule has 0 unspecified atom stereocenters. The normalized spacial score (nSPS) is 15.1. The number of nitrogens with zero attached hydrogens (tertiary/aromatic N) is 5. The summed E-state index contributed by atoms with van der Waals surface area (Å²) in [5.41, 5.74) is 4.64. The molecule has 1 amide bonds. The van der Waals surface area contributed by atoms with Gasteiger partial charge in [0.2, 0.25) is 0 Å². The first-order valence-corrected chi connectivity index (χ1v) is 19.2. The Morgan fingerprint density at radius 1 is 1.06 bits per heavy atom. The summed E-state index contributed by atoms with van der Waals surface area (Å²) in [4.78, 5) is 22.1. The molecule has 0 spiro atoms. The van der Waals surface area contributed by atoms with Crippen molar-refractivity contribution in [1.82, 2.24) is 14.9 Å². The number of piperazine rings is 1. The summed E-state index contributed by atoms with van der Waals surface area (Å²) < 4.78 is 59.5. The lowest BCUT2D eigenvalue weighted by Gasteiger charge is -2.39. The highest BCUT2D eigenvalue weighted by Gasteiger charge is 2.42. The van der Waals surface area contributed by atoms with Crippen LogP contribution in [0.2, 0.25) is 16.6 Å². The van der Waals surface area contributed by atoms with Crippen LogP contribution in [0.3, 0.4) is 0 Å². The van der Waals surface area contributed by atoms with Crippen molar-refractivity contribution in [3.8, 4) is 34.4 Å². The number of rotatable bonds is 9. The second-order valence-corrected chi connectivity index (χ2v) is 19.4. The van der Waals surface area contributed by atoms with E-state index in [0.717, 1.165) is 11.0 Å². The van der Waals surface area contributed by atoms with Crippen molar-refractivity contribution in [3.05, 3.63) is 59.7 Å². The third kappa shape index (κ3) is 7.06. The van der Waals surface area contributed by atoms with E-state index in [2.05, 4.69) is 63.0 Å². The minimum absolute atomic E-state index is 0.0174. The first kappa shape index (κ1) is 37.4. The molecule has 5 rings (SSSR count). The van der Waals surface area contributed by atoms with E-state index >= 15 is 13.2 Å². The number of halogens is 3. The highest BCUT2D eigenvalue weighted by atomic mass is 28.3. The quantitative estimate of drug-likeness (QED) is 0.0794. The SMILES string of the molecule is COCOc1cc(-c2c(F)cc3c(N4CCN(C(=O)O)[C@@H](CC#N)C4)nc(F)nc3c2F)c2c(C#C[Si](C(C)C)(C(C)C)C(C)C)cccc2c1. The number of nitriles is 1. The zero-order chi connectivity index (χ0) is 37.2. The van der Waals surface area contributed by atoms with Gasteiger partial charge in [-0.1, -0.05) is 59.6 Å². The monoisotopic (exact) mass is 717 g/mol. The second kappa shape index (κ2) is 15.2. The van der Waals surface area contributed by atoms with Crippen LogP contribution >= 0.6 is 0 Å². The van der Waals surface area contributed by atoms with Crippen molar-refractivity contribution in [2.45, 2.75) is 70.6 Å². The molecule has 0 saturated carbocycles. The third-order valence-electron chi connectivity index (χ3n) is 10.0. The summed E-state index contributed by atoms with van der Waals surface area (Å²) in [6.07, 6.45) is -2.57. The fraction of sp³-hybridized carbons (Fsp3) is 0.421. The van der Waals surface area contributed by atoms with Crippen molar-refractivity contribution in [2.75, 3.05) is 38.4 Å². The van der Waals surface area contributed by atoms with Gasteiger partial charge in [-0.05, 0) is 46.3 Å². The van der Waals surface area contributed by atoms with E-state index in [1.165, 1.54) is 18.1 Å². The second-order valence-electron chi connectivity index (χ2n) is 13.8. The molecule has 1 aliphatic heterocycles. The molecule has 51 heavy (non-hydrogen) atoms. The predicted octanol–water partition coefficient (Wildman–Crippen LogP) is 8.50. The van der Waals surface area contributed by atoms with E-state index in [9.17, 15) is 15.2 Å². The molecule has 1 aliphatic rings. The topological polar surface area (TPSA) is 112 Å². The largest absolute Gasteiger partial charge is 0.468 e. The summed E-state index contributed by atoms with van der Waals surface area (Å²) in [6, 6.07) is 11.0. The van der Waals surface area contributed by atoms with Gasteiger partial charge in [-0.3, -0.25) is 0 Å². The standard InChI is InChI=1S/C38H42F3N5O4Si/c1-22(2)51(23(3)4,24(5)6)16-12-25-9-8-10-26-17-28(50-21-49-7)18-29(32(25)26)33-31(39)19-30-35(34(33)40)43-37(41)44-36(30)45-14-15-46(38(47)48)27(20-45)11-13-42/h8-10,17-19,22-24,27H,11,14-15,20-21H2,1-7H3,(H,47,48)/t27-/m0/s1. The maximum Gasteiger partial charge on any atom is 0.407 e. The molecule has 268 valence electrons. The molecule has 1 fully saturated rings. The van der Waals surface area contributed by atoms with Crippen LogP contribution in [0.15, 0.2) is 36.4 Å². The number of aromatic nitrogens is 2. The fourth-order valence-corrected chi connectivity index (χ4v) is 13.0. The molecule has 9 nitrogen and oxygen atoms in total. The van der Waals surface area contributed by atoms with Gasteiger partial charge in [-0.25, -0.2) is 13.6 Å². The van der Waals surface area contributed by atoms with Crippen molar-refractivity contribution >= 4 is 41.7 Å². The molecule has 4 aromatic rings. The average molecular weight is 718 g/mol. The Hall–Kier alpha value is -4.85. The zero-order valence-corrected chi connectivity index (χ0v) is 30.9. The van der Waals surface area contributed by atoms with Crippen LogP contribution < -0.4 is 9.64 Å². The molecule has 3 aromatic carbocycles. The Balaban J connectivity index is 1.76. The van der Waals surface area contributed by atoms with Crippen LogP contribution in [0.5, 0.6) is 5.75 Å². The van der Waals surface area contributed by atoms with Gasteiger partial charge in [0.05, 0.1) is 24.1 Å². The molecule has 1 N–H and O–H groups in total. The Bertz CT molecular complexity index is 2050. The van der Waals surface area contributed by atoms with Gasteiger partial charge in [-0.2, -0.15) is 19.6 Å². The van der Waals surface area contributed by atoms with Crippen LogP contribution in [0.25, 0.3) is 32.8 Å². The molecule has 2 heterocycles. The zero-order valence-electron chi connectivity index (χ0n) is 29.9. The van der Waals surface area contributed by atoms with Crippen LogP contribution in [0, 0.1) is 40.5 Å². The Morgan fingerprint density at radius 2 is 1.76 bits per heavy atom. The summed E-state index contributed by atoms with van der Waals surface area (Å²) in [5.74, 6) is 1.60. The summed E-state index contributed by atoms with van der Waals surface area (Å²) in [7, 11) is -0.738. The van der Waals surface area contributed by atoms with E-state index in [-0.39, 0.29) is 49.6 Å². The molecule has 1 aromatic heterocycles. The first-order chi connectivity index (χ1) is 24.2. The van der Waals surface area contributed by atoms with Crippen LogP contribution in [-0.4, -0.2) is 73.7 Å². The van der Waals surface area contributed by atoms with Crippen LogP contribution in [-0.2, 0) is 4.74 Å². The van der Waals surface area contributed by atoms with Gasteiger partial charge in [-0.15, -0.1) is 5.54 Å². The van der Waals surface area contributed by atoms with Gasteiger partial charge in [0.1, 0.15) is 31.0 Å². The summed E-state index contributed by atoms with van der Waals surface area (Å²) in [6.45, 7) is 13.1. The number of amides is 1. The Morgan fingerprint density at radius 3 is 2.39 bits per heavy atom. The maximum atomic E-state index is 16.9. The van der Waals surface area contributed by atoms with Gasteiger partial charge in [0.25, 0.3) is 0 Å². The van der Waals surface area contributed by atoms with E-state index in [1.807, 2.05) is 24.3 Å². The molecule has 1 saturated heterocycles. The van der Waals surface area contributed by atoms with Crippen molar-refractivity contribution in [1.29, 1.82) is 5.26 Å². The number of carboxylic acid groups (broad SMARTS) is 1. The van der Waals surface area contributed by atoms with Gasteiger partial charge < -0.3 is 24.4 Å².